The summed E-state index contributed by atoms with van der Waals surface area (Å²) in [7, 11) is 0. The number of hydrogen-bond donors (Lipinski definition) is 1. The van der Waals surface area contributed by atoms with Crippen molar-refractivity contribution >= 4 is 33.9 Å². The molecule has 1 aliphatic heterocycles. The Kier molecular flexibility index (Phi) is 14.0. The zero-order chi connectivity index (χ0) is 12.2. The average Bonchev–Trinajstić information content (AvgIpc) is 2.38. The molecule has 0 aromatic rings. The summed E-state index contributed by atoms with van der Waals surface area (Å²) in [5.74, 6) is 1.24. The van der Waals surface area contributed by atoms with Crippen LogP contribution in [0.25, 0.3) is 0 Å². The van der Waals surface area contributed by atoms with Crippen molar-refractivity contribution in [3.8, 4) is 0 Å². The highest BCUT2D eigenvalue weighted by atomic mass is 79.9. The minimum atomic E-state index is 0. The Morgan fingerprint density at radius 2 is 1.72 bits per heavy atom. The normalized spacial score (nSPS) is 14.6. The van der Waals surface area contributed by atoms with Crippen LogP contribution in [0.4, 0.5) is 0 Å². The Hall–Kier alpha value is 0.300. The minimum absolute atomic E-state index is 0. The molecule has 0 saturated heterocycles. The van der Waals surface area contributed by atoms with Crippen molar-refractivity contribution < 1.29 is 0 Å². The van der Waals surface area contributed by atoms with Crippen LogP contribution in [0.1, 0.15) is 64.7 Å². The highest BCUT2D eigenvalue weighted by molar-refractivity contribution is 8.93. The van der Waals surface area contributed by atoms with Gasteiger partial charge >= 0.3 is 0 Å². The lowest BCUT2D eigenvalue weighted by Crippen LogP contribution is -2.26. The molecule has 1 heterocycles. The molecule has 2 nitrogen and oxygen atoms in total. The van der Waals surface area contributed by atoms with Crippen LogP contribution >= 0.6 is 28.7 Å². The van der Waals surface area contributed by atoms with Crippen LogP contribution in [-0.2, 0) is 0 Å². The van der Waals surface area contributed by atoms with Crippen LogP contribution in [0.3, 0.4) is 0 Å². The van der Waals surface area contributed by atoms with Crippen molar-refractivity contribution in [2.75, 3.05) is 18.8 Å². The predicted octanol–water partition coefficient (Wildman–Crippen LogP) is 4.79. The number of nitrogens with one attached hydrogen (secondary N) is 1. The number of aliphatic imine (C=N–C) groups is 1. The van der Waals surface area contributed by atoms with Crippen LogP contribution in [0, 0.1) is 0 Å². The SMILES string of the molecule is Br.CCCCCCCCCCSC1=NCCCN1. The van der Waals surface area contributed by atoms with Gasteiger partial charge in [-0.1, -0.05) is 63.6 Å². The van der Waals surface area contributed by atoms with Crippen molar-refractivity contribution in [2.45, 2.75) is 64.7 Å². The minimum Gasteiger partial charge on any atom is -0.365 e. The molecule has 0 aromatic heterocycles. The number of amidine groups is 1. The molecule has 0 unspecified atom stereocenters. The molecule has 0 aliphatic carbocycles. The van der Waals surface area contributed by atoms with Crippen molar-refractivity contribution in [1.29, 1.82) is 0 Å². The molecule has 0 fully saturated rings. The van der Waals surface area contributed by atoms with Gasteiger partial charge in [-0.25, -0.2) is 0 Å². The van der Waals surface area contributed by atoms with Gasteiger partial charge in [0.2, 0.25) is 0 Å². The molecule has 0 saturated carbocycles. The Morgan fingerprint density at radius 3 is 2.33 bits per heavy atom. The van der Waals surface area contributed by atoms with E-state index in [1.165, 1.54) is 68.7 Å². The summed E-state index contributed by atoms with van der Waals surface area (Å²) < 4.78 is 0. The third kappa shape index (κ3) is 10.2. The van der Waals surface area contributed by atoms with E-state index in [1.807, 2.05) is 11.8 Å². The summed E-state index contributed by atoms with van der Waals surface area (Å²) in [6.07, 6.45) is 12.4. The molecule has 1 rings (SSSR count). The molecular formula is C14H29BrN2S. The first-order valence-corrected chi connectivity index (χ1v) is 8.33. The van der Waals surface area contributed by atoms with Gasteiger partial charge in [-0.05, 0) is 12.8 Å². The van der Waals surface area contributed by atoms with Gasteiger partial charge < -0.3 is 5.32 Å². The highest BCUT2D eigenvalue weighted by Crippen LogP contribution is 2.12. The van der Waals surface area contributed by atoms with E-state index < -0.39 is 0 Å². The molecule has 0 amide bonds. The number of halogens is 1. The van der Waals surface area contributed by atoms with E-state index in [0.29, 0.717) is 0 Å². The van der Waals surface area contributed by atoms with Gasteiger partial charge in [-0.2, -0.15) is 0 Å². The number of rotatable bonds is 9. The van der Waals surface area contributed by atoms with Crippen molar-refractivity contribution in [3.05, 3.63) is 0 Å². The maximum Gasteiger partial charge on any atom is 0.156 e. The van der Waals surface area contributed by atoms with E-state index in [0.717, 1.165) is 13.1 Å². The van der Waals surface area contributed by atoms with Gasteiger partial charge in [0.25, 0.3) is 0 Å². The van der Waals surface area contributed by atoms with Gasteiger partial charge in [0.05, 0.1) is 0 Å². The smallest absolute Gasteiger partial charge is 0.156 e. The Labute approximate surface area is 128 Å². The first-order chi connectivity index (χ1) is 8.43. The maximum absolute atomic E-state index is 4.47. The summed E-state index contributed by atoms with van der Waals surface area (Å²) in [5, 5.41) is 4.54. The van der Waals surface area contributed by atoms with Gasteiger partial charge in [0, 0.05) is 18.8 Å². The second kappa shape index (κ2) is 13.7. The van der Waals surface area contributed by atoms with E-state index in [-0.39, 0.29) is 17.0 Å². The van der Waals surface area contributed by atoms with E-state index in [2.05, 4.69) is 17.2 Å². The van der Waals surface area contributed by atoms with E-state index in [4.69, 9.17) is 0 Å². The molecule has 0 radical (unpaired) electrons. The van der Waals surface area contributed by atoms with Crippen LogP contribution in [0.15, 0.2) is 4.99 Å². The second-order valence-electron chi connectivity index (χ2n) is 4.79. The van der Waals surface area contributed by atoms with Crippen LogP contribution in [-0.4, -0.2) is 24.0 Å². The third-order valence-electron chi connectivity index (χ3n) is 3.10. The molecule has 0 spiro atoms. The quantitative estimate of drug-likeness (QED) is 0.612. The third-order valence-corrected chi connectivity index (χ3v) is 4.14. The molecule has 18 heavy (non-hydrogen) atoms. The average molecular weight is 337 g/mol. The number of thioether (sulfide) groups is 1. The molecule has 4 heteroatoms. The topological polar surface area (TPSA) is 24.4 Å². The molecular weight excluding hydrogens is 308 g/mol. The predicted molar refractivity (Wildman–Crippen MR) is 90.3 cm³/mol. The monoisotopic (exact) mass is 336 g/mol. The highest BCUT2D eigenvalue weighted by Gasteiger charge is 2.03. The number of nitrogens with zero attached hydrogens (tertiary/aromatic N) is 1. The lowest BCUT2D eigenvalue weighted by atomic mass is 10.1. The fraction of sp³-hybridized carbons (Fsp3) is 0.929. The molecule has 1 N–H and O–H groups in total. The summed E-state index contributed by atoms with van der Waals surface area (Å²) in [5.41, 5.74) is 0. The summed E-state index contributed by atoms with van der Waals surface area (Å²) >= 11 is 1.91. The lowest BCUT2D eigenvalue weighted by molar-refractivity contribution is 0.586. The van der Waals surface area contributed by atoms with E-state index in [1.54, 1.807) is 0 Å². The molecule has 0 bridgehead atoms. The van der Waals surface area contributed by atoms with Crippen LogP contribution < -0.4 is 5.32 Å². The zero-order valence-electron chi connectivity index (χ0n) is 11.7. The van der Waals surface area contributed by atoms with Crippen LogP contribution in [0.2, 0.25) is 0 Å². The van der Waals surface area contributed by atoms with Crippen molar-refractivity contribution in [1.82, 2.24) is 5.32 Å². The summed E-state index contributed by atoms with van der Waals surface area (Å²) in [6, 6.07) is 0. The number of unbranched alkanes of at least 4 members (excludes halogenated alkanes) is 7. The fourth-order valence-corrected chi connectivity index (χ4v) is 2.94. The summed E-state index contributed by atoms with van der Waals surface area (Å²) in [6.45, 7) is 4.41. The molecule has 108 valence electrons. The second-order valence-corrected chi connectivity index (χ2v) is 5.87. The summed E-state index contributed by atoms with van der Waals surface area (Å²) in [4.78, 5) is 4.47. The standard InChI is InChI=1S/C14H28N2S.BrH/c1-2-3-4-5-6-7-8-9-13-17-14-15-11-10-12-16-14;/h2-13H2,1H3,(H,15,16);1H. The van der Waals surface area contributed by atoms with Gasteiger partial charge in [-0.3, -0.25) is 4.99 Å². The van der Waals surface area contributed by atoms with Crippen LogP contribution in [0.5, 0.6) is 0 Å². The van der Waals surface area contributed by atoms with E-state index >= 15 is 0 Å². The molecule has 0 atom stereocenters. The number of hydrogen-bond acceptors (Lipinski definition) is 3. The van der Waals surface area contributed by atoms with Crippen molar-refractivity contribution in [3.63, 3.8) is 0 Å². The van der Waals surface area contributed by atoms with Gasteiger partial charge in [0.15, 0.2) is 5.17 Å². The Balaban J connectivity index is 0.00000289. The maximum atomic E-state index is 4.47. The van der Waals surface area contributed by atoms with Gasteiger partial charge in [0.1, 0.15) is 0 Å². The zero-order valence-corrected chi connectivity index (χ0v) is 14.3. The fourth-order valence-electron chi connectivity index (χ4n) is 2.01. The largest absolute Gasteiger partial charge is 0.365 e. The Morgan fingerprint density at radius 1 is 1.06 bits per heavy atom. The van der Waals surface area contributed by atoms with Crippen molar-refractivity contribution in [2.24, 2.45) is 4.99 Å². The lowest BCUT2D eigenvalue weighted by Gasteiger charge is -2.13. The van der Waals surface area contributed by atoms with E-state index in [9.17, 15) is 0 Å². The molecule has 1 aliphatic rings. The van der Waals surface area contributed by atoms with Gasteiger partial charge in [-0.15, -0.1) is 17.0 Å². The Bertz CT molecular complexity index is 210. The first kappa shape index (κ1) is 18.3. The first-order valence-electron chi connectivity index (χ1n) is 7.34. The molecule has 0 aromatic carbocycles.